The van der Waals surface area contributed by atoms with Gasteiger partial charge in [-0.15, -0.1) is 0 Å². The molecule has 0 saturated carbocycles. The van der Waals surface area contributed by atoms with E-state index in [1.807, 2.05) is 30.3 Å². The van der Waals surface area contributed by atoms with E-state index in [0.29, 0.717) is 6.42 Å². The quantitative estimate of drug-likeness (QED) is 0.612. The Morgan fingerprint density at radius 3 is 2.47 bits per heavy atom. The van der Waals surface area contributed by atoms with Crippen LogP contribution in [-0.2, 0) is 0 Å². The third-order valence-electron chi connectivity index (χ3n) is 2.45. The van der Waals surface area contributed by atoms with E-state index < -0.39 is 0 Å². The second-order valence-corrected chi connectivity index (χ2v) is 4.61. The Labute approximate surface area is 107 Å². The summed E-state index contributed by atoms with van der Waals surface area (Å²) in [6, 6.07) is 7.93. The molecule has 86 valence electrons. The Hall–Kier alpha value is -1.68. The highest BCUT2D eigenvalue weighted by atomic mass is 79.9. The monoisotopic (exact) mass is 291 g/mol. The molecule has 1 aromatic carbocycles. The summed E-state index contributed by atoms with van der Waals surface area (Å²) < 4.78 is 1.04. The van der Waals surface area contributed by atoms with E-state index in [1.54, 1.807) is 12.2 Å². The first kappa shape index (κ1) is 11.8. The number of halogens is 1. The SMILES string of the molecule is O=[N+]([O-])C1=CCC(=Cc2ccc(Br)cc2)C=C1. The number of nitrogens with zero attached hydrogens (tertiary/aromatic N) is 1. The van der Waals surface area contributed by atoms with Crippen molar-refractivity contribution in [1.82, 2.24) is 0 Å². The van der Waals surface area contributed by atoms with E-state index in [2.05, 4.69) is 15.9 Å². The molecule has 0 unspecified atom stereocenters. The van der Waals surface area contributed by atoms with Gasteiger partial charge in [-0.3, -0.25) is 10.1 Å². The third kappa shape index (κ3) is 3.14. The first-order valence-corrected chi connectivity index (χ1v) is 5.93. The van der Waals surface area contributed by atoms with E-state index in [-0.39, 0.29) is 10.6 Å². The largest absolute Gasteiger partial charge is 0.265 e. The van der Waals surface area contributed by atoms with Gasteiger partial charge < -0.3 is 0 Å². The van der Waals surface area contributed by atoms with Crippen molar-refractivity contribution in [3.63, 3.8) is 0 Å². The van der Waals surface area contributed by atoms with Crippen LogP contribution in [0.5, 0.6) is 0 Å². The molecule has 0 spiro atoms. The molecule has 0 radical (unpaired) electrons. The van der Waals surface area contributed by atoms with Gasteiger partial charge in [0.2, 0.25) is 0 Å². The molecular weight excluding hydrogens is 282 g/mol. The molecule has 0 saturated heterocycles. The molecule has 0 heterocycles. The Bertz CT molecular complexity index is 527. The van der Waals surface area contributed by atoms with E-state index >= 15 is 0 Å². The zero-order valence-corrected chi connectivity index (χ0v) is 10.6. The first-order chi connectivity index (χ1) is 8.15. The van der Waals surface area contributed by atoms with Crippen molar-refractivity contribution in [2.45, 2.75) is 6.42 Å². The zero-order chi connectivity index (χ0) is 12.3. The molecule has 3 nitrogen and oxygen atoms in total. The van der Waals surface area contributed by atoms with Crippen molar-refractivity contribution in [2.24, 2.45) is 0 Å². The molecule has 0 bridgehead atoms. The van der Waals surface area contributed by atoms with Crippen molar-refractivity contribution in [1.29, 1.82) is 0 Å². The summed E-state index contributed by atoms with van der Waals surface area (Å²) in [5.41, 5.74) is 2.32. The van der Waals surface area contributed by atoms with E-state index in [9.17, 15) is 10.1 Å². The number of hydrogen-bond acceptors (Lipinski definition) is 2. The van der Waals surface area contributed by atoms with Crippen LogP contribution < -0.4 is 0 Å². The van der Waals surface area contributed by atoms with Gasteiger partial charge in [0.05, 0.1) is 4.92 Å². The van der Waals surface area contributed by atoms with Gasteiger partial charge in [-0.1, -0.05) is 40.2 Å². The highest BCUT2D eigenvalue weighted by molar-refractivity contribution is 9.10. The maximum atomic E-state index is 10.5. The lowest BCUT2D eigenvalue weighted by Gasteiger charge is -2.03. The molecule has 4 heteroatoms. The highest BCUT2D eigenvalue weighted by Gasteiger charge is 2.10. The second kappa shape index (κ2) is 5.10. The van der Waals surface area contributed by atoms with Crippen LogP contribution in [0.1, 0.15) is 12.0 Å². The maximum absolute atomic E-state index is 10.5. The number of nitro groups is 1. The summed E-state index contributed by atoms with van der Waals surface area (Å²) in [7, 11) is 0. The topological polar surface area (TPSA) is 43.1 Å². The number of benzene rings is 1. The van der Waals surface area contributed by atoms with Crippen molar-refractivity contribution in [2.75, 3.05) is 0 Å². The van der Waals surface area contributed by atoms with Crippen molar-refractivity contribution >= 4 is 22.0 Å². The van der Waals surface area contributed by atoms with Crippen LogP contribution in [0.2, 0.25) is 0 Å². The molecule has 2 rings (SSSR count). The maximum Gasteiger partial charge on any atom is 0.265 e. The lowest BCUT2D eigenvalue weighted by atomic mass is 10.0. The minimum absolute atomic E-state index is 0.165. The molecular formula is C13H10BrNO2. The molecule has 0 amide bonds. The smallest absolute Gasteiger partial charge is 0.258 e. The van der Waals surface area contributed by atoms with Crippen LogP contribution in [0.4, 0.5) is 0 Å². The molecule has 1 aliphatic rings. The average molecular weight is 292 g/mol. The molecule has 0 N–H and O–H groups in total. The molecule has 0 fully saturated rings. The molecule has 1 aromatic rings. The van der Waals surface area contributed by atoms with Gasteiger partial charge in [-0.05, 0) is 35.8 Å². The van der Waals surface area contributed by atoms with E-state index in [0.717, 1.165) is 15.6 Å². The van der Waals surface area contributed by atoms with Crippen LogP contribution in [0.15, 0.2) is 58.2 Å². The van der Waals surface area contributed by atoms with Gasteiger partial charge in [-0.2, -0.15) is 0 Å². The summed E-state index contributed by atoms with van der Waals surface area (Å²) in [6.07, 6.45) is 7.58. The minimum atomic E-state index is -0.368. The number of allylic oxidation sites excluding steroid dienone is 4. The predicted octanol–water partition coefficient (Wildman–Crippen LogP) is 3.95. The van der Waals surface area contributed by atoms with Crippen LogP contribution in [0.25, 0.3) is 6.08 Å². The fraction of sp³-hybridized carbons (Fsp3) is 0.0769. The summed E-state index contributed by atoms with van der Waals surface area (Å²) >= 11 is 3.38. The standard InChI is InChI=1S/C13H10BrNO2/c14-12-5-1-10(2-6-12)9-11-3-7-13(8-4-11)15(16)17/h1-3,5-9H,4H2. The Kier molecular flexibility index (Phi) is 3.54. The van der Waals surface area contributed by atoms with Gasteiger partial charge in [0, 0.05) is 10.5 Å². The molecule has 0 aromatic heterocycles. The summed E-state index contributed by atoms with van der Waals surface area (Å²) in [5, 5.41) is 10.5. The first-order valence-electron chi connectivity index (χ1n) is 5.14. The lowest BCUT2D eigenvalue weighted by Crippen LogP contribution is -1.98. The fourth-order valence-corrected chi connectivity index (χ4v) is 1.83. The van der Waals surface area contributed by atoms with Gasteiger partial charge in [0.1, 0.15) is 0 Å². The van der Waals surface area contributed by atoms with Crippen LogP contribution in [0, 0.1) is 10.1 Å². The summed E-state index contributed by atoms with van der Waals surface area (Å²) in [6.45, 7) is 0. The van der Waals surface area contributed by atoms with Crippen LogP contribution in [-0.4, -0.2) is 4.92 Å². The average Bonchev–Trinajstić information content (AvgIpc) is 2.33. The van der Waals surface area contributed by atoms with E-state index in [1.165, 1.54) is 6.08 Å². The second-order valence-electron chi connectivity index (χ2n) is 3.69. The Balaban J connectivity index is 2.14. The lowest BCUT2D eigenvalue weighted by molar-refractivity contribution is -0.419. The third-order valence-corrected chi connectivity index (χ3v) is 2.98. The molecule has 17 heavy (non-hydrogen) atoms. The zero-order valence-electron chi connectivity index (χ0n) is 8.97. The van der Waals surface area contributed by atoms with E-state index in [4.69, 9.17) is 0 Å². The number of rotatable bonds is 2. The highest BCUT2D eigenvalue weighted by Crippen LogP contribution is 2.19. The van der Waals surface area contributed by atoms with Crippen molar-refractivity contribution in [3.05, 3.63) is 73.9 Å². The van der Waals surface area contributed by atoms with Gasteiger partial charge in [0.15, 0.2) is 0 Å². The predicted molar refractivity (Wildman–Crippen MR) is 71.0 cm³/mol. The van der Waals surface area contributed by atoms with Gasteiger partial charge >= 0.3 is 0 Å². The van der Waals surface area contributed by atoms with Gasteiger partial charge in [-0.25, -0.2) is 0 Å². The Morgan fingerprint density at radius 1 is 1.24 bits per heavy atom. The molecule has 1 aliphatic carbocycles. The fourth-order valence-electron chi connectivity index (χ4n) is 1.57. The van der Waals surface area contributed by atoms with Crippen LogP contribution >= 0.6 is 15.9 Å². The minimum Gasteiger partial charge on any atom is -0.258 e. The summed E-state index contributed by atoms with van der Waals surface area (Å²) in [5.74, 6) is 0. The number of hydrogen-bond donors (Lipinski definition) is 0. The van der Waals surface area contributed by atoms with Gasteiger partial charge in [0.25, 0.3) is 5.70 Å². The Morgan fingerprint density at radius 2 is 1.94 bits per heavy atom. The molecule has 0 aliphatic heterocycles. The normalized spacial score (nSPS) is 17.0. The molecule has 0 atom stereocenters. The van der Waals surface area contributed by atoms with Crippen molar-refractivity contribution in [3.8, 4) is 0 Å². The van der Waals surface area contributed by atoms with Crippen molar-refractivity contribution < 1.29 is 4.92 Å². The van der Waals surface area contributed by atoms with Crippen LogP contribution in [0.3, 0.4) is 0 Å². The summed E-state index contributed by atoms with van der Waals surface area (Å²) in [4.78, 5) is 10.2.